The Bertz CT molecular complexity index is 883. The number of halogens is 3. The molecule has 0 bridgehead atoms. The first kappa shape index (κ1) is 19.1. The molecule has 0 aromatic heterocycles. The fourth-order valence-electron chi connectivity index (χ4n) is 3.63. The average Bonchev–Trinajstić information content (AvgIpc) is 2.83. The Morgan fingerprint density at radius 2 is 1.74 bits per heavy atom. The molecule has 0 atom stereocenters. The summed E-state index contributed by atoms with van der Waals surface area (Å²) in [6.45, 7) is 2.33. The number of aromatic hydroxyl groups is 2. The molecule has 1 aliphatic rings. The van der Waals surface area contributed by atoms with E-state index in [-0.39, 0.29) is 29.2 Å². The first-order chi connectivity index (χ1) is 12.6. The molecule has 0 spiro atoms. The maximum absolute atomic E-state index is 12.8. The third kappa shape index (κ3) is 3.59. The summed E-state index contributed by atoms with van der Waals surface area (Å²) in [5, 5.41) is 21.0. The van der Waals surface area contributed by atoms with Crippen molar-refractivity contribution in [1.29, 1.82) is 0 Å². The first-order valence-electron chi connectivity index (χ1n) is 8.67. The van der Waals surface area contributed by atoms with Gasteiger partial charge < -0.3 is 15.1 Å². The molecule has 0 fully saturated rings. The Morgan fingerprint density at radius 1 is 1.11 bits per heavy atom. The van der Waals surface area contributed by atoms with E-state index in [0.717, 1.165) is 12.0 Å². The number of hydrogen-bond acceptors (Lipinski definition) is 3. The molecule has 2 N–H and O–H groups in total. The SMILES string of the molecule is CCCc1cc(O)c(-c2c(C)ccc3c2CC(=O)N3CC(F)(F)F)c(O)c1. The molecule has 1 aliphatic heterocycles. The number of fused-ring (bicyclic) bond motifs is 1. The quantitative estimate of drug-likeness (QED) is 0.824. The number of amides is 1. The molecule has 0 unspecified atom stereocenters. The van der Waals surface area contributed by atoms with Crippen molar-refractivity contribution in [2.45, 2.75) is 39.3 Å². The molecule has 27 heavy (non-hydrogen) atoms. The molecule has 1 amide bonds. The number of phenolic OH excluding ortho intramolecular Hbond substituents is 2. The second kappa shape index (κ2) is 6.79. The highest BCUT2D eigenvalue weighted by molar-refractivity contribution is 6.05. The number of anilines is 1. The lowest BCUT2D eigenvalue weighted by Gasteiger charge is -2.21. The Hall–Kier alpha value is -2.70. The van der Waals surface area contributed by atoms with Gasteiger partial charge in [-0.25, -0.2) is 0 Å². The normalized spacial score (nSPS) is 14.0. The Kier molecular flexibility index (Phi) is 4.80. The van der Waals surface area contributed by atoms with E-state index in [1.54, 1.807) is 25.1 Å². The maximum atomic E-state index is 12.8. The summed E-state index contributed by atoms with van der Waals surface area (Å²) in [6.07, 6.45) is -3.23. The number of hydrogen-bond donors (Lipinski definition) is 2. The van der Waals surface area contributed by atoms with E-state index in [0.29, 0.717) is 28.0 Å². The minimum absolute atomic E-state index is 0.144. The zero-order chi connectivity index (χ0) is 19.9. The molecular formula is C20H20F3NO3. The second-order valence-corrected chi connectivity index (χ2v) is 6.79. The van der Waals surface area contributed by atoms with Crippen molar-refractivity contribution in [2.75, 3.05) is 11.4 Å². The van der Waals surface area contributed by atoms with Crippen molar-refractivity contribution in [1.82, 2.24) is 0 Å². The highest BCUT2D eigenvalue weighted by Gasteiger charge is 2.39. The van der Waals surface area contributed by atoms with E-state index >= 15 is 0 Å². The summed E-state index contributed by atoms with van der Waals surface area (Å²) in [6, 6.07) is 6.16. The molecule has 0 radical (unpaired) electrons. The van der Waals surface area contributed by atoms with Crippen LogP contribution in [0.4, 0.5) is 18.9 Å². The largest absolute Gasteiger partial charge is 0.507 e. The number of carbonyl (C=O) groups is 1. The van der Waals surface area contributed by atoms with Gasteiger partial charge in [-0.15, -0.1) is 0 Å². The van der Waals surface area contributed by atoms with Crippen LogP contribution in [0.5, 0.6) is 11.5 Å². The molecular weight excluding hydrogens is 359 g/mol. The monoisotopic (exact) mass is 379 g/mol. The summed E-state index contributed by atoms with van der Waals surface area (Å²) in [4.78, 5) is 12.9. The predicted molar refractivity (Wildman–Crippen MR) is 96.1 cm³/mol. The molecule has 4 nitrogen and oxygen atoms in total. The van der Waals surface area contributed by atoms with Crippen molar-refractivity contribution in [2.24, 2.45) is 0 Å². The van der Waals surface area contributed by atoms with E-state index in [2.05, 4.69) is 0 Å². The molecule has 3 rings (SSSR count). The minimum atomic E-state index is -4.52. The van der Waals surface area contributed by atoms with Gasteiger partial charge in [-0.05, 0) is 53.8 Å². The Labute approximate surface area is 154 Å². The standard InChI is InChI=1S/C20H20F3NO3/c1-3-4-12-7-15(25)19(16(26)8-12)18-11(2)5-6-14-13(18)9-17(27)24(14)10-20(21,22)23/h5-8,25-26H,3-4,9-10H2,1-2H3. The maximum Gasteiger partial charge on any atom is 0.406 e. The smallest absolute Gasteiger partial charge is 0.406 e. The minimum Gasteiger partial charge on any atom is -0.507 e. The van der Waals surface area contributed by atoms with Gasteiger partial charge in [0.25, 0.3) is 0 Å². The number of benzene rings is 2. The number of phenols is 2. The highest BCUT2D eigenvalue weighted by Crippen LogP contribution is 2.46. The van der Waals surface area contributed by atoms with Gasteiger partial charge in [-0.3, -0.25) is 4.79 Å². The van der Waals surface area contributed by atoms with Crippen LogP contribution in [0.1, 0.15) is 30.0 Å². The van der Waals surface area contributed by atoms with Crippen molar-refractivity contribution in [3.8, 4) is 22.6 Å². The van der Waals surface area contributed by atoms with E-state index in [1.165, 1.54) is 6.07 Å². The third-order valence-corrected chi connectivity index (χ3v) is 4.70. The van der Waals surface area contributed by atoms with Crippen LogP contribution in [0.2, 0.25) is 0 Å². The number of alkyl halides is 3. The molecule has 0 saturated heterocycles. The van der Waals surface area contributed by atoms with Crippen LogP contribution < -0.4 is 4.90 Å². The van der Waals surface area contributed by atoms with Gasteiger partial charge in [0.15, 0.2) is 0 Å². The molecule has 2 aromatic rings. The lowest BCUT2D eigenvalue weighted by atomic mass is 9.91. The topological polar surface area (TPSA) is 60.8 Å². The van der Waals surface area contributed by atoms with E-state index in [1.807, 2.05) is 6.92 Å². The number of rotatable bonds is 4. The lowest BCUT2D eigenvalue weighted by Crippen LogP contribution is -2.36. The molecule has 1 heterocycles. The predicted octanol–water partition coefficient (Wildman–Crippen LogP) is 4.48. The lowest BCUT2D eigenvalue weighted by molar-refractivity contribution is -0.131. The molecule has 2 aromatic carbocycles. The van der Waals surface area contributed by atoms with Gasteiger partial charge in [-0.1, -0.05) is 19.4 Å². The average molecular weight is 379 g/mol. The van der Waals surface area contributed by atoms with Crippen LogP contribution >= 0.6 is 0 Å². The zero-order valence-corrected chi connectivity index (χ0v) is 15.0. The van der Waals surface area contributed by atoms with Gasteiger partial charge in [0, 0.05) is 5.69 Å². The molecule has 7 heteroatoms. The van der Waals surface area contributed by atoms with Crippen LogP contribution in [0.15, 0.2) is 24.3 Å². The Balaban J connectivity index is 2.16. The summed E-state index contributed by atoms with van der Waals surface area (Å²) >= 11 is 0. The van der Waals surface area contributed by atoms with Crippen molar-refractivity contribution in [3.63, 3.8) is 0 Å². The molecule has 0 aliphatic carbocycles. The number of carbonyl (C=O) groups excluding carboxylic acids is 1. The number of aryl methyl sites for hydroxylation is 2. The number of nitrogens with zero attached hydrogens (tertiary/aromatic N) is 1. The Morgan fingerprint density at radius 3 is 2.30 bits per heavy atom. The van der Waals surface area contributed by atoms with Crippen molar-refractivity contribution in [3.05, 3.63) is 41.0 Å². The summed E-state index contributed by atoms with van der Waals surface area (Å²) < 4.78 is 38.5. The summed E-state index contributed by atoms with van der Waals surface area (Å²) in [7, 11) is 0. The van der Waals surface area contributed by atoms with Gasteiger partial charge in [0.2, 0.25) is 5.91 Å². The first-order valence-corrected chi connectivity index (χ1v) is 8.67. The van der Waals surface area contributed by atoms with E-state index in [9.17, 15) is 28.2 Å². The fraction of sp³-hybridized carbons (Fsp3) is 0.350. The molecule has 144 valence electrons. The van der Waals surface area contributed by atoms with Gasteiger partial charge >= 0.3 is 6.18 Å². The van der Waals surface area contributed by atoms with Crippen LogP contribution in [0.3, 0.4) is 0 Å². The van der Waals surface area contributed by atoms with Gasteiger partial charge in [0.1, 0.15) is 18.0 Å². The van der Waals surface area contributed by atoms with Crippen molar-refractivity contribution < 1.29 is 28.2 Å². The van der Waals surface area contributed by atoms with Crippen molar-refractivity contribution >= 4 is 11.6 Å². The fourth-order valence-corrected chi connectivity index (χ4v) is 3.63. The second-order valence-electron chi connectivity index (χ2n) is 6.79. The van der Waals surface area contributed by atoms with Crippen LogP contribution in [0.25, 0.3) is 11.1 Å². The highest BCUT2D eigenvalue weighted by atomic mass is 19.4. The van der Waals surface area contributed by atoms with Crippen LogP contribution in [0, 0.1) is 6.92 Å². The summed E-state index contributed by atoms with van der Waals surface area (Å²) in [5.41, 5.74) is 2.52. The third-order valence-electron chi connectivity index (χ3n) is 4.70. The van der Waals surface area contributed by atoms with Crippen LogP contribution in [-0.4, -0.2) is 28.8 Å². The summed E-state index contributed by atoms with van der Waals surface area (Å²) in [5.74, 6) is -0.968. The zero-order valence-electron chi connectivity index (χ0n) is 15.0. The van der Waals surface area contributed by atoms with E-state index in [4.69, 9.17) is 0 Å². The van der Waals surface area contributed by atoms with Gasteiger partial charge in [-0.2, -0.15) is 13.2 Å². The molecule has 0 saturated carbocycles. The van der Waals surface area contributed by atoms with Gasteiger partial charge in [0.05, 0.1) is 12.0 Å². The van der Waals surface area contributed by atoms with Crippen LogP contribution in [-0.2, 0) is 17.6 Å². The van der Waals surface area contributed by atoms with E-state index < -0.39 is 18.6 Å².